The first-order valence-corrected chi connectivity index (χ1v) is 5.93. The van der Waals surface area contributed by atoms with Gasteiger partial charge in [-0.1, -0.05) is 23.2 Å². The summed E-state index contributed by atoms with van der Waals surface area (Å²) in [6.07, 6.45) is 0. The lowest BCUT2D eigenvalue weighted by Gasteiger charge is -2.32. The summed E-state index contributed by atoms with van der Waals surface area (Å²) in [4.78, 5) is 10.3. The van der Waals surface area contributed by atoms with Crippen molar-refractivity contribution in [3.05, 3.63) is 21.7 Å². The molecule has 90 valence electrons. The second-order valence-corrected chi connectivity index (χ2v) is 4.57. The third-order valence-electron chi connectivity index (χ3n) is 2.77. The summed E-state index contributed by atoms with van der Waals surface area (Å²) in [5, 5.41) is 12.5. The Bertz CT molecular complexity index is 470. The van der Waals surface area contributed by atoms with E-state index in [2.05, 4.69) is 20.2 Å². The number of hydrogen-bond acceptors (Lipinski definition) is 5. The smallest absolute Gasteiger partial charge is 0.167 e. The molecule has 1 fully saturated rings. The van der Waals surface area contributed by atoms with Crippen LogP contribution in [-0.4, -0.2) is 41.5 Å². The van der Waals surface area contributed by atoms with E-state index in [0.29, 0.717) is 5.69 Å². The summed E-state index contributed by atoms with van der Waals surface area (Å²) in [6, 6.07) is 2.01. The average Bonchev–Trinajstić information content (AvgIpc) is 2.33. The van der Waals surface area contributed by atoms with Crippen molar-refractivity contribution in [3.8, 4) is 6.07 Å². The van der Waals surface area contributed by atoms with E-state index in [-0.39, 0.29) is 22.0 Å². The number of nitrogens with zero attached hydrogens (tertiary/aromatic N) is 4. The van der Waals surface area contributed by atoms with Gasteiger partial charge >= 0.3 is 0 Å². The first kappa shape index (κ1) is 12.5. The lowest BCUT2D eigenvalue weighted by Crippen LogP contribution is -2.44. The number of hydrogen-bond donors (Lipinski definition) is 1. The summed E-state index contributed by atoms with van der Waals surface area (Å²) < 4.78 is 0. The van der Waals surface area contributed by atoms with Crippen LogP contribution in [0.1, 0.15) is 17.4 Å². The Balaban J connectivity index is 2.43. The first-order valence-electron chi connectivity index (χ1n) is 5.17. The van der Waals surface area contributed by atoms with Gasteiger partial charge in [0.25, 0.3) is 0 Å². The molecule has 1 aromatic rings. The van der Waals surface area contributed by atoms with Crippen LogP contribution in [0.2, 0.25) is 10.3 Å². The lowest BCUT2D eigenvalue weighted by molar-refractivity contribution is 0.198. The lowest BCUT2D eigenvalue weighted by atomic mass is 10.1. The number of piperazine rings is 1. The van der Waals surface area contributed by atoms with Crippen LogP contribution >= 0.6 is 23.2 Å². The second kappa shape index (κ2) is 5.15. The van der Waals surface area contributed by atoms with E-state index < -0.39 is 0 Å². The van der Waals surface area contributed by atoms with Crippen LogP contribution in [0, 0.1) is 11.3 Å². The molecule has 0 spiro atoms. The average molecular weight is 272 g/mol. The van der Waals surface area contributed by atoms with E-state index in [1.807, 2.05) is 13.1 Å². The Morgan fingerprint density at radius 2 is 2.12 bits per heavy atom. The Morgan fingerprint density at radius 1 is 1.41 bits per heavy atom. The van der Waals surface area contributed by atoms with Gasteiger partial charge < -0.3 is 5.32 Å². The van der Waals surface area contributed by atoms with Gasteiger partial charge in [-0.25, -0.2) is 9.97 Å². The molecule has 0 aliphatic carbocycles. The minimum absolute atomic E-state index is 0.000617. The molecule has 17 heavy (non-hydrogen) atoms. The van der Waals surface area contributed by atoms with Crippen molar-refractivity contribution in [2.75, 3.05) is 26.7 Å². The largest absolute Gasteiger partial charge is 0.313 e. The molecule has 7 heteroatoms. The van der Waals surface area contributed by atoms with Gasteiger partial charge in [0.15, 0.2) is 16.0 Å². The number of halogens is 2. The molecule has 1 unspecified atom stereocenters. The molecular formula is C10H11Cl2N5. The third kappa shape index (κ3) is 2.50. The van der Waals surface area contributed by atoms with Crippen molar-refractivity contribution in [2.24, 2.45) is 0 Å². The van der Waals surface area contributed by atoms with Crippen molar-refractivity contribution < 1.29 is 0 Å². The van der Waals surface area contributed by atoms with E-state index in [0.717, 1.165) is 19.6 Å². The molecule has 0 saturated carbocycles. The molecule has 1 aromatic heterocycles. The fraction of sp³-hybridized carbons (Fsp3) is 0.500. The van der Waals surface area contributed by atoms with Gasteiger partial charge in [0.1, 0.15) is 6.07 Å². The molecule has 0 bridgehead atoms. The van der Waals surface area contributed by atoms with Crippen LogP contribution in [0.3, 0.4) is 0 Å². The van der Waals surface area contributed by atoms with Gasteiger partial charge in [-0.2, -0.15) is 5.26 Å². The zero-order chi connectivity index (χ0) is 12.4. The predicted octanol–water partition coefficient (Wildman–Crippen LogP) is 1.23. The van der Waals surface area contributed by atoms with Crippen LogP contribution in [0.5, 0.6) is 0 Å². The SMILES string of the molecule is CN1CCNCC1c1nc(Cl)c(Cl)nc1C#N. The molecule has 1 atom stereocenters. The Morgan fingerprint density at radius 3 is 2.76 bits per heavy atom. The molecule has 0 amide bonds. The quantitative estimate of drug-likeness (QED) is 0.833. The Hall–Kier alpha value is -0.930. The minimum Gasteiger partial charge on any atom is -0.313 e. The van der Waals surface area contributed by atoms with E-state index in [9.17, 15) is 0 Å². The maximum absolute atomic E-state index is 9.06. The highest BCUT2D eigenvalue weighted by Crippen LogP contribution is 2.25. The van der Waals surface area contributed by atoms with Gasteiger partial charge in [-0.15, -0.1) is 0 Å². The highest BCUT2D eigenvalue weighted by molar-refractivity contribution is 6.40. The summed E-state index contributed by atoms with van der Waals surface area (Å²) in [6.45, 7) is 2.53. The van der Waals surface area contributed by atoms with E-state index >= 15 is 0 Å². The molecule has 5 nitrogen and oxygen atoms in total. The summed E-state index contributed by atoms with van der Waals surface area (Å²) in [5.41, 5.74) is 0.816. The normalized spacial score (nSPS) is 21.2. The molecule has 0 aromatic carbocycles. The molecule has 1 aliphatic heterocycles. The van der Waals surface area contributed by atoms with E-state index in [1.54, 1.807) is 0 Å². The highest BCUT2D eigenvalue weighted by Gasteiger charge is 2.26. The molecule has 1 saturated heterocycles. The highest BCUT2D eigenvalue weighted by atomic mass is 35.5. The van der Waals surface area contributed by atoms with Gasteiger partial charge in [0.05, 0.1) is 11.7 Å². The zero-order valence-electron chi connectivity index (χ0n) is 9.24. The fourth-order valence-corrected chi connectivity index (χ4v) is 2.09. The number of nitrogens with one attached hydrogen (secondary N) is 1. The van der Waals surface area contributed by atoms with Crippen LogP contribution in [0.15, 0.2) is 0 Å². The zero-order valence-corrected chi connectivity index (χ0v) is 10.8. The molecule has 0 radical (unpaired) electrons. The molecular weight excluding hydrogens is 261 g/mol. The topological polar surface area (TPSA) is 64.8 Å². The van der Waals surface area contributed by atoms with E-state index in [4.69, 9.17) is 28.5 Å². The number of rotatable bonds is 1. The summed E-state index contributed by atoms with van der Waals surface area (Å²) in [5.74, 6) is 0. The number of aromatic nitrogens is 2. The van der Waals surface area contributed by atoms with Crippen molar-refractivity contribution in [1.29, 1.82) is 5.26 Å². The van der Waals surface area contributed by atoms with E-state index in [1.165, 1.54) is 0 Å². The van der Waals surface area contributed by atoms with Crippen molar-refractivity contribution in [2.45, 2.75) is 6.04 Å². The van der Waals surface area contributed by atoms with Crippen LogP contribution in [-0.2, 0) is 0 Å². The Kier molecular flexibility index (Phi) is 3.79. The van der Waals surface area contributed by atoms with Gasteiger partial charge in [0, 0.05) is 19.6 Å². The first-order chi connectivity index (χ1) is 8.13. The number of likely N-dealkylation sites (N-methyl/N-ethyl adjacent to an activating group) is 1. The molecule has 2 rings (SSSR count). The molecule has 2 heterocycles. The van der Waals surface area contributed by atoms with Gasteiger partial charge in [-0.05, 0) is 7.05 Å². The molecule has 1 aliphatic rings. The minimum atomic E-state index is 0.000617. The number of nitriles is 1. The van der Waals surface area contributed by atoms with Crippen LogP contribution in [0.25, 0.3) is 0 Å². The van der Waals surface area contributed by atoms with Crippen molar-refractivity contribution in [3.63, 3.8) is 0 Å². The third-order valence-corrected chi connectivity index (χ3v) is 3.40. The summed E-state index contributed by atoms with van der Waals surface area (Å²) in [7, 11) is 1.98. The maximum atomic E-state index is 9.06. The van der Waals surface area contributed by atoms with Crippen molar-refractivity contribution >= 4 is 23.2 Å². The fourth-order valence-electron chi connectivity index (χ4n) is 1.83. The van der Waals surface area contributed by atoms with Gasteiger partial charge in [-0.3, -0.25) is 4.90 Å². The second-order valence-electron chi connectivity index (χ2n) is 3.85. The van der Waals surface area contributed by atoms with Gasteiger partial charge in [0.2, 0.25) is 0 Å². The predicted molar refractivity (Wildman–Crippen MR) is 65.0 cm³/mol. The molecule has 1 N–H and O–H groups in total. The van der Waals surface area contributed by atoms with Crippen molar-refractivity contribution in [1.82, 2.24) is 20.2 Å². The monoisotopic (exact) mass is 271 g/mol. The summed E-state index contributed by atoms with van der Waals surface area (Å²) >= 11 is 11.6. The standard InChI is InChI=1S/C10H11Cl2N5/c1-17-3-2-14-5-7(17)8-6(4-13)15-9(11)10(12)16-8/h7,14H,2-3,5H2,1H3. The Labute approximate surface area is 109 Å². The maximum Gasteiger partial charge on any atom is 0.167 e. The van der Waals surface area contributed by atoms with Crippen LogP contribution < -0.4 is 5.32 Å². The van der Waals surface area contributed by atoms with Crippen LogP contribution in [0.4, 0.5) is 0 Å².